The first kappa shape index (κ1) is 17.5. The van der Waals surface area contributed by atoms with Crippen LogP contribution in [0.5, 0.6) is 0 Å². The molecule has 3 rings (SSSR count). The molecule has 1 atom stereocenters. The maximum atomic E-state index is 9.28. The van der Waals surface area contributed by atoms with Gasteiger partial charge in [0.2, 0.25) is 0 Å². The Bertz CT molecular complexity index is 613. The van der Waals surface area contributed by atoms with Crippen LogP contribution in [0.25, 0.3) is 0 Å². The number of benzene rings is 1. The third-order valence-corrected chi connectivity index (χ3v) is 6.14. The van der Waals surface area contributed by atoms with Crippen molar-refractivity contribution in [3.8, 4) is 6.07 Å². The smallest absolute Gasteiger partial charge is 0.399 e. The molecular formula is C20H28BNO2. The van der Waals surface area contributed by atoms with Crippen molar-refractivity contribution in [1.82, 2.24) is 0 Å². The van der Waals surface area contributed by atoms with E-state index in [9.17, 15) is 5.26 Å². The van der Waals surface area contributed by atoms with Gasteiger partial charge in [0.05, 0.1) is 17.3 Å². The number of nitriles is 1. The Morgan fingerprint density at radius 3 is 2.38 bits per heavy atom. The lowest BCUT2D eigenvalue weighted by molar-refractivity contribution is 0.00578. The van der Waals surface area contributed by atoms with Gasteiger partial charge in [-0.05, 0) is 63.4 Å². The Hall–Kier alpha value is -1.31. The van der Waals surface area contributed by atoms with E-state index in [1.807, 2.05) is 0 Å². The van der Waals surface area contributed by atoms with Gasteiger partial charge in [0.25, 0.3) is 0 Å². The molecule has 1 saturated carbocycles. The quantitative estimate of drug-likeness (QED) is 0.780. The summed E-state index contributed by atoms with van der Waals surface area (Å²) >= 11 is 0. The third kappa shape index (κ3) is 3.25. The second-order valence-corrected chi connectivity index (χ2v) is 8.27. The standard InChI is InChI=1S/C20H28BNO2/c1-19(2)20(3,4)24-21(23-19)17-11-7-10-16(14-17)18(12-13-22)15-8-5-6-9-15/h7,10-11,14-15,18H,5-6,8-9,12H2,1-4H3. The number of nitrogens with zero attached hydrogens (tertiary/aromatic N) is 1. The Morgan fingerprint density at radius 1 is 1.17 bits per heavy atom. The summed E-state index contributed by atoms with van der Waals surface area (Å²) in [6, 6.07) is 10.9. The molecule has 1 unspecified atom stereocenters. The van der Waals surface area contributed by atoms with Crippen LogP contribution in [0.1, 0.15) is 71.3 Å². The summed E-state index contributed by atoms with van der Waals surface area (Å²) in [5.41, 5.74) is 1.67. The maximum absolute atomic E-state index is 9.28. The summed E-state index contributed by atoms with van der Waals surface area (Å²) in [5.74, 6) is 0.970. The van der Waals surface area contributed by atoms with Crippen LogP contribution in [0.3, 0.4) is 0 Å². The molecule has 4 heteroatoms. The van der Waals surface area contributed by atoms with Crippen LogP contribution in [0.2, 0.25) is 0 Å². The first-order valence-electron chi connectivity index (χ1n) is 9.16. The lowest BCUT2D eigenvalue weighted by Crippen LogP contribution is -2.41. The van der Waals surface area contributed by atoms with E-state index in [4.69, 9.17) is 9.31 Å². The van der Waals surface area contributed by atoms with E-state index < -0.39 is 0 Å². The molecule has 1 aliphatic carbocycles. The van der Waals surface area contributed by atoms with E-state index in [1.54, 1.807) is 0 Å². The van der Waals surface area contributed by atoms with Crippen molar-refractivity contribution >= 4 is 12.6 Å². The molecule has 0 aromatic heterocycles. The Kier molecular flexibility index (Phi) is 4.77. The highest BCUT2D eigenvalue weighted by atomic mass is 16.7. The van der Waals surface area contributed by atoms with Crippen molar-refractivity contribution in [3.63, 3.8) is 0 Å². The van der Waals surface area contributed by atoms with E-state index in [0.29, 0.717) is 18.3 Å². The summed E-state index contributed by atoms with van der Waals surface area (Å²) in [7, 11) is -0.332. The predicted molar refractivity (Wildman–Crippen MR) is 97.1 cm³/mol. The average Bonchev–Trinajstić information content (AvgIpc) is 3.12. The minimum absolute atomic E-state index is 0.328. The van der Waals surface area contributed by atoms with Gasteiger partial charge in [-0.2, -0.15) is 5.26 Å². The van der Waals surface area contributed by atoms with Crippen molar-refractivity contribution in [1.29, 1.82) is 5.26 Å². The van der Waals surface area contributed by atoms with Crippen LogP contribution in [0, 0.1) is 17.2 Å². The topological polar surface area (TPSA) is 42.2 Å². The SMILES string of the molecule is CC1(C)OB(c2cccc(C(CC#N)C3CCCC3)c2)OC1(C)C. The Balaban J connectivity index is 1.85. The van der Waals surface area contributed by atoms with Gasteiger partial charge in [0.1, 0.15) is 0 Å². The van der Waals surface area contributed by atoms with E-state index in [1.165, 1.54) is 31.2 Å². The third-order valence-electron chi connectivity index (χ3n) is 6.14. The number of hydrogen-bond donors (Lipinski definition) is 0. The first-order valence-corrected chi connectivity index (χ1v) is 9.16. The van der Waals surface area contributed by atoms with Gasteiger partial charge in [-0.1, -0.05) is 37.1 Å². The van der Waals surface area contributed by atoms with Gasteiger partial charge < -0.3 is 9.31 Å². The van der Waals surface area contributed by atoms with E-state index >= 15 is 0 Å². The van der Waals surface area contributed by atoms with Crippen molar-refractivity contribution in [2.24, 2.45) is 5.92 Å². The summed E-state index contributed by atoms with van der Waals surface area (Å²) in [6.07, 6.45) is 5.67. The monoisotopic (exact) mass is 325 g/mol. The molecule has 0 spiro atoms. The molecule has 3 nitrogen and oxygen atoms in total. The summed E-state index contributed by atoms with van der Waals surface area (Å²) in [4.78, 5) is 0. The molecular weight excluding hydrogens is 297 g/mol. The lowest BCUT2D eigenvalue weighted by Gasteiger charge is -2.32. The Morgan fingerprint density at radius 2 is 1.79 bits per heavy atom. The zero-order chi connectivity index (χ0) is 17.4. The molecule has 0 radical (unpaired) electrons. The highest BCUT2D eigenvalue weighted by Crippen LogP contribution is 2.40. The van der Waals surface area contributed by atoms with E-state index in [0.717, 1.165) is 5.46 Å². The molecule has 2 fully saturated rings. The van der Waals surface area contributed by atoms with Crippen LogP contribution in [0.15, 0.2) is 24.3 Å². The zero-order valence-electron chi connectivity index (χ0n) is 15.3. The van der Waals surface area contributed by atoms with Gasteiger partial charge in [-0.25, -0.2) is 0 Å². The van der Waals surface area contributed by atoms with Gasteiger partial charge in [-0.15, -0.1) is 0 Å². The van der Waals surface area contributed by atoms with Crippen LogP contribution < -0.4 is 5.46 Å². The fourth-order valence-electron chi connectivity index (χ4n) is 3.93. The van der Waals surface area contributed by atoms with Crippen LogP contribution in [-0.2, 0) is 9.31 Å². The lowest BCUT2D eigenvalue weighted by atomic mass is 9.75. The fourth-order valence-corrected chi connectivity index (χ4v) is 3.93. The van der Waals surface area contributed by atoms with Crippen molar-refractivity contribution < 1.29 is 9.31 Å². The van der Waals surface area contributed by atoms with Crippen molar-refractivity contribution in [3.05, 3.63) is 29.8 Å². The molecule has 1 heterocycles. The van der Waals surface area contributed by atoms with Gasteiger partial charge in [-0.3, -0.25) is 0 Å². The zero-order valence-corrected chi connectivity index (χ0v) is 15.3. The van der Waals surface area contributed by atoms with Crippen molar-refractivity contribution in [2.75, 3.05) is 0 Å². The van der Waals surface area contributed by atoms with Gasteiger partial charge in [0, 0.05) is 6.42 Å². The number of hydrogen-bond acceptors (Lipinski definition) is 3. The molecule has 0 amide bonds. The molecule has 1 aliphatic heterocycles. The average molecular weight is 325 g/mol. The molecule has 1 aromatic carbocycles. The van der Waals surface area contributed by atoms with Crippen LogP contribution in [-0.4, -0.2) is 18.3 Å². The largest absolute Gasteiger partial charge is 0.494 e. The minimum atomic E-state index is -0.332. The normalized spacial score (nSPS) is 24.0. The first-order chi connectivity index (χ1) is 11.3. The molecule has 1 aromatic rings. The molecule has 24 heavy (non-hydrogen) atoms. The molecule has 128 valence electrons. The summed E-state index contributed by atoms with van der Waals surface area (Å²) < 4.78 is 12.4. The summed E-state index contributed by atoms with van der Waals surface area (Å²) in [6.45, 7) is 8.31. The molecule has 0 N–H and O–H groups in total. The fraction of sp³-hybridized carbons (Fsp3) is 0.650. The Labute approximate surface area is 146 Å². The highest BCUT2D eigenvalue weighted by molar-refractivity contribution is 6.62. The predicted octanol–water partition coefficient (Wildman–Crippen LogP) is 4.17. The molecule has 1 saturated heterocycles. The van der Waals surface area contributed by atoms with E-state index in [-0.39, 0.29) is 18.3 Å². The van der Waals surface area contributed by atoms with Gasteiger partial charge in [0.15, 0.2) is 0 Å². The second-order valence-electron chi connectivity index (χ2n) is 8.27. The summed E-state index contributed by atoms with van der Waals surface area (Å²) in [5, 5.41) is 9.28. The van der Waals surface area contributed by atoms with E-state index in [2.05, 4.69) is 58.0 Å². The second kappa shape index (κ2) is 6.54. The van der Waals surface area contributed by atoms with Gasteiger partial charge >= 0.3 is 7.12 Å². The number of rotatable bonds is 4. The van der Waals surface area contributed by atoms with Crippen LogP contribution in [0.4, 0.5) is 0 Å². The molecule has 2 aliphatic rings. The molecule has 0 bridgehead atoms. The van der Waals surface area contributed by atoms with Crippen molar-refractivity contribution in [2.45, 2.75) is 76.9 Å². The minimum Gasteiger partial charge on any atom is -0.399 e. The maximum Gasteiger partial charge on any atom is 0.494 e. The van der Waals surface area contributed by atoms with Crippen LogP contribution >= 0.6 is 0 Å². The highest BCUT2D eigenvalue weighted by Gasteiger charge is 2.51.